The minimum Gasteiger partial charge on any atom is -0.376 e. The number of hydrogen-bond donors (Lipinski definition) is 1. The number of carbonyl (C=O) groups excluding carboxylic acids is 1. The zero-order valence-electron chi connectivity index (χ0n) is 7.39. The maximum Gasteiger partial charge on any atom is 0.231 e. The summed E-state index contributed by atoms with van der Waals surface area (Å²) in [7, 11) is 0. The summed E-state index contributed by atoms with van der Waals surface area (Å²) in [6, 6.07) is 0. The van der Waals surface area contributed by atoms with Crippen molar-refractivity contribution in [2.24, 2.45) is 0 Å². The van der Waals surface area contributed by atoms with Gasteiger partial charge in [-0.1, -0.05) is 15.9 Å². The molecule has 1 rings (SSSR count). The van der Waals surface area contributed by atoms with Gasteiger partial charge in [-0.2, -0.15) is 0 Å². The molecule has 3 nitrogen and oxygen atoms in total. The van der Waals surface area contributed by atoms with Gasteiger partial charge < -0.3 is 10.1 Å². The molecule has 0 aromatic carbocycles. The van der Waals surface area contributed by atoms with Crippen molar-refractivity contribution < 1.29 is 9.53 Å². The van der Waals surface area contributed by atoms with E-state index in [1.807, 2.05) is 13.8 Å². The van der Waals surface area contributed by atoms with Crippen molar-refractivity contribution >= 4 is 21.8 Å². The van der Waals surface area contributed by atoms with E-state index in [4.69, 9.17) is 4.74 Å². The van der Waals surface area contributed by atoms with Gasteiger partial charge in [0.1, 0.15) is 0 Å². The molecule has 70 valence electrons. The molecule has 0 bridgehead atoms. The highest BCUT2D eigenvalue weighted by Crippen LogP contribution is 2.24. The third-order valence-corrected chi connectivity index (χ3v) is 2.94. The van der Waals surface area contributed by atoms with Gasteiger partial charge >= 0.3 is 0 Å². The van der Waals surface area contributed by atoms with E-state index in [2.05, 4.69) is 21.2 Å². The first-order chi connectivity index (χ1) is 5.58. The van der Waals surface area contributed by atoms with E-state index < -0.39 is 0 Å². The minimum absolute atomic E-state index is 0.0230. The second kappa shape index (κ2) is 3.75. The molecular weight excluding hydrogens is 222 g/mol. The first-order valence-electron chi connectivity index (χ1n) is 4.07. The smallest absolute Gasteiger partial charge is 0.231 e. The molecular formula is C8H14BrNO2. The molecule has 0 saturated carbocycles. The average Bonchev–Trinajstić information content (AvgIpc) is 2.32. The molecule has 12 heavy (non-hydrogen) atoms. The number of nitrogens with one attached hydrogen (secondary N) is 1. The van der Waals surface area contributed by atoms with Crippen LogP contribution in [0.1, 0.15) is 20.3 Å². The fourth-order valence-corrected chi connectivity index (χ4v) is 1.49. The Balaban J connectivity index is 2.53. The highest BCUT2D eigenvalue weighted by Gasteiger charge is 2.37. The van der Waals surface area contributed by atoms with E-state index in [-0.39, 0.29) is 17.6 Å². The largest absolute Gasteiger partial charge is 0.376 e. The van der Waals surface area contributed by atoms with Crippen LogP contribution in [0.5, 0.6) is 0 Å². The Kier molecular flexibility index (Phi) is 3.12. The maximum atomic E-state index is 11.1. The predicted octanol–water partition coefficient (Wildman–Crippen LogP) is 1.06. The number of alkyl halides is 1. The van der Waals surface area contributed by atoms with Gasteiger partial charge in [-0.3, -0.25) is 4.79 Å². The predicted molar refractivity (Wildman–Crippen MR) is 50.4 cm³/mol. The van der Waals surface area contributed by atoms with Crippen LogP contribution in [0.2, 0.25) is 0 Å². The molecule has 1 heterocycles. The third-order valence-electron chi connectivity index (χ3n) is 2.43. The normalized spacial score (nSPS) is 35.1. The van der Waals surface area contributed by atoms with E-state index in [9.17, 15) is 4.79 Å². The van der Waals surface area contributed by atoms with Gasteiger partial charge in [0, 0.05) is 6.61 Å². The highest BCUT2D eigenvalue weighted by molar-refractivity contribution is 9.09. The van der Waals surface area contributed by atoms with Crippen LogP contribution in [0.25, 0.3) is 0 Å². The molecule has 1 aliphatic rings. The molecule has 0 aromatic rings. The van der Waals surface area contributed by atoms with Gasteiger partial charge in [0.25, 0.3) is 0 Å². The molecule has 0 aliphatic carbocycles. The van der Waals surface area contributed by atoms with Gasteiger partial charge in [0.2, 0.25) is 5.91 Å². The molecule has 0 radical (unpaired) electrons. The lowest BCUT2D eigenvalue weighted by molar-refractivity contribution is -0.120. The third kappa shape index (κ3) is 1.98. The number of amides is 1. The second-order valence-corrected chi connectivity index (χ2v) is 3.92. The molecule has 0 aromatic heterocycles. The molecule has 4 heteroatoms. The lowest BCUT2D eigenvalue weighted by Crippen LogP contribution is -2.51. The van der Waals surface area contributed by atoms with Crippen LogP contribution in [-0.2, 0) is 9.53 Å². The van der Waals surface area contributed by atoms with Crippen molar-refractivity contribution in [2.75, 3.05) is 11.9 Å². The van der Waals surface area contributed by atoms with Crippen LogP contribution < -0.4 is 5.32 Å². The topological polar surface area (TPSA) is 38.3 Å². The summed E-state index contributed by atoms with van der Waals surface area (Å²) in [4.78, 5) is 11.1. The summed E-state index contributed by atoms with van der Waals surface area (Å²) in [6.07, 6.45) is 1.01. The van der Waals surface area contributed by atoms with Gasteiger partial charge in [0.05, 0.1) is 17.0 Å². The van der Waals surface area contributed by atoms with Crippen molar-refractivity contribution in [1.29, 1.82) is 0 Å². The quantitative estimate of drug-likeness (QED) is 0.728. The minimum atomic E-state index is -0.176. The maximum absolute atomic E-state index is 11.1. The van der Waals surface area contributed by atoms with E-state index in [0.29, 0.717) is 5.33 Å². The van der Waals surface area contributed by atoms with Crippen LogP contribution in [0.4, 0.5) is 0 Å². The number of carbonyl (C=O) groups is 1. The standard InChI is InChI=1S/C8H14BrNO2/c1-6-8(2,3-4-12-6)10-7(11)5-9/h6H,3-5H2,1-2H3,(H,10,11). The van der Waals surface area contributed by atoms with Crippen molar-refractivity contribution in [3.05, 3.63) is 0 Å². The molecule has 0 spiro atoms. The Labute approximate surface area is 81.0 Å². The Morgan fingerprint density at radius 3 is 2.92 bits per heavy atom. The first kappa shape index (κ1) is 9.99. The summed E-state index contributed by atoms with van der Waals surface area (Å²) in [6.45, 7) is 4.74. The summed E-state index contributed by atoms with van der Waals surface area (Å²) < 4.78 is 5.38. The Morgan fingerprint density at radius 2 is 2.50 bits per heavy atom. The average molecular weight is 236 g/mol. The van der Waals surface area contributed by atoms with E-state index in [0.717, 1.165) is 13.0 Å². The van der Waals surface area contributed by atoms with E-state index >= 15 is 0 Å². The van der Waals surface area contributed by atoms with Gasteiger partial charge in [-0.25, -0.2) is 0 Å². The van der Waals surface area contributed by atoms with Gasteiger partial charge in [-0.15, -0.1) is 0 Å². The molecule has 2 unspecified atom stereocenters. The summed E-state index contributed by atoms with van der Waals surface area (Å²) in [5, 5.41) is 3.30. The highest BCUT2D eigenvalue weighted by atomic mass is 79.9. The number of halogens is 1. The Bertz CT molecular complexity index is 186. The lowest BCUT2D eigenvalue weighted by Gasteiger charge is -2.28. The van der Waals surface area contributed by atoms with Gasteiger partial charge in [-0.05, 0) is 20.3 Å². The Hall–Kier alpha value is -0.0900. The molecule has 1 N–H and O–H groups in total. The van der Waals surface area contributed by atoms with Crippen LogP contribution in [-0.4, -0.2) is 29.5 Å². The second-order valence-electron chi connectivity index (χ2n) is 3.36. The molecule has 1 aliphatic heterocycles. The summed E-state index contributed by atoms with van der Waals surface area (Å²) in [5.74, 6) is 0.0230. The SMILES string of the molecule is CC1OCCC1(C)NC(=O)CBr. The monoisotopic (exact) mass is 235 g/mol. The van der Waals surface area contributed by atoms with Crippen molar-refractivity contribution in [3.63, 3.8) is 0 Å². The van der Waals surface area contributed by atoms with E-state index in [1.54, 1.807) is 0 Å². The number of rotatable bonds is 2. The van der Waals surface area contributed by atoms with Crippen molar-refractivity contribution in [1.82, 2.24) is 5.32 Å². The molecule has 1 fully saturated rings. The summed E-state index contributed by atoms with van der Waals surface area (Å²) >= 11 is 3.11. The molecule has 1 saturated heterocycles. The number of hydrogen-bond acceptors (Lipinski definition) is 2. The van der Waals surface area contributed by atoms with Crippen molar-refractivity contribution in [2.45, 2.75) is 31.9 Å². The van der Waals surface area contributed by atoms with Crippen LogP contribution >= 0.6 is 15.9 Å². The Morgan fingerprint density at radius 1 is 1.83 bits per heavy atom. The van der Waals surface area contributed by atoms with Crippen LogP contribution in [0.15, 0.2) is 0 Å². The zero-order chi connectivity index (χ0) is 9.19. The zero-order valence-corrected chi connectivity index (χ0v) is 8.98. The number of ether oxygens (including phenoxy) is 1. The van der Waals surface area contributed by atoms with Crippen molar-refractivity contribution in [3.8, 4) is 0 Å². The lowest BCUT2D eigenvalue weighted by atomic mass is 9.95. The van der Waals surface area contributed by atoms with Crippen LogP contribution in [0, 0.1) is 0 Å². The summed E-state index contributed by atoms with van der Waals surface area (Å²) in [5.41, 5.74) is -0.176. The fraction of sp³-hybridized carbons (Fsp3) is 0.875. The molecule has 2 atom stereocenters. The fourth-order valence-electron chi connectivity index (χ4n) is 1.35. The van der Waals surface area contributed by atoms with Crippen LogP contribution in [0.3, 0.4) is 0 Å². The first-order valence-corrected chi connectivity index (χ1v) is 5.19. The van der Waals surface area contributed by atoms with Gasteiger partial charge in [0.15, 0.2) is 0 Å². The molecule has 1 amide bonds. The van der Waals surface area contributed by atoms with E-state index in [1.165, 1.54) is 0 Å².